The van der Waals surface area contributed by atoms with Crippen molar-refractivity contribution in [1.82, 2.24) is 0 Å². The van der Waals surface area contributed by atoms with Gasteiger partial charge in [-0.2, -0.15) is 5.26 Å². The summed E-state index contributed by atoms with van der Waals surface area (Å²) in [4.78, 5) is 0. The number of hydrogen-bond donors (Lipinski definition) is 1. The van der Waals surface area contributed by atoms with Crippen LogP contribution in [-0.2, 0) is 4.74 Å². The number of nitrogens with one attached hydrogen (secondary N) is 1. The summed E-state index contributed by atoms with van der Waals surface area (Å²) in [6.07, 6.45) is 2.48. The van der Waals surface area contributed by atoms with Gasteiger partial charge in [-0.15, -0.1) is 0 Å². The number of ether oxygens (including phenoxy) is 1. The van der Waals surface area contributed by atoms with Crippen molar-refractivity contribution in [3.05, 3.63) is 29.3 Å². The molecule has 0 unspecified atom stereocenters. The molecule has 1 rings (SSSR count). The Morgan fingerprint density at radius 3 is 2.72 bits per heavy atom. The van der Waals surface area contributed by atoms with E-state index in [1.807, 2.05) is 25.1 Å². The van der Waals surface area contributed by atoms with Crippen molar-refractivity contribution < 1.29 is 4.74 Å². The predicted molar refractivity (Wildman–Crippen MR) is 74.7 cm³/mol. The van der Waals surface area contributed by atoms with Crippen LogP contribution in [-0.4, -0.2) is 19.3 Å². The van der Waals surface area contributed by atoms with Gasteiger partial charge >= 0.3 is 0 Å². The fourth-order valence-electron chi connectivity index (χ4n) is 1.68. The maximum atomic E-state index is 8.84. The van der Waals surface area contributed by atoms with Crippen molar-refractivity contribution in [1.29, 1.82) is 5.26 Å². The van der Waals surface area contributed by atoms with Crippen molar-refractivity contribution >= 4 is 5.69 Å². The van der Waals surface area contributed by atoms with Gasteiger partial charge < -0.3 is 10.1 Å². The van der Waals surface area contributed by atoms with E-state index in [0.717, 1.165) is 42.8 Å². The van der Waals surface area contributed by atoms with Gasteiger partial charge in [0.25, 0.3) is 0 Å². The summed E-state index contributed by atoms with van der Waals surface area (Å²) in [6.45, 7) is 7.83. The van der Waals surface area contributed by atoms with E-state index >= 15 is 0 Å². The molecule has 0 atom stereocenters. The molecule has 98 valence electrons. The fourth-order valence-corrected chi connectivity index (χ4v) is 1.68. The third-order valence-corrected chi connectivity index (χ3v) is 2.70. The zero-order chi connectivity index (χ0) is 13.4. The van der Waals surface area contributed by atoms with Gasteiger partial charge in [0.2, 0.25) is 0 Å². The molecule has 0 saturated heterocycles. The van der Waals surface area contributed by atoms with Gasteiger partial charge in [-0.3, -0.25) is 0 Å². The second-order valence-electron chi connectivity index (χ2n) is 4.69. The first kappa shape index (κ1) is 14.5. The molecule has 0 aliphatic rings. The third kappa shape index (κ3) is 5.20. The van der Waals surface area contributed by atoms with Crippen LogP contribution in [0.15, 0.2) is 18.2 Å². The van der Waals surface area contributed by atoms with Gasteiger partial charge in [0.15, 0.2) is 0 Å². The molecule has 0 aliphatic carbocycles. The van der Waals surface area contributed by atoms with E-state index < -0.39 is 0 Å². The molecule has 0 fully saturated rings. The lowest BCUT2D eigenvalue weighted by Crippen LogP contribution is -2.07. The minimum atomic E-state index is 0.319. The summed E-state index contributed by atoms with van der Waals surface area (Å²) in [7, 11) is 0. The van der Waals surface area contributed by atoms with E-state index in [1.54, 1.807) is 0 Å². The highest BCUT2D eigenvalue weighted by Crippen LogP contribution is 2.14. The first-order valence-corrected chi connectivity index (χ1v) is 6.49. The van der Waals surface area contributed by atoms with Gasteiger partial charge in [0.05, 0.1) is 17.7 Å². The highest BCUT2D eigenvalue weighted by Gasteiger charge is 1.99. The summed E-state index contributed by atoms with van der Waals surface area (Å²) in [5.74, 6) is 0. The molecule has 0 radical (unpaired) electrons. The molecule has 0 spiro atoms. The van der Waals surface area contributed by atoms with E-state index in [9.17, 15) is 0 Å². The molecule has 0 aromatic heterocycles. The van der Waals surface area contributed by atoms with Crippen LogP contribution in [0.2, 0.25) is 0 Å². The maximum absolute atomic E-state index is 8.84. The van der Waals surface area contributed by atoms with E-state index in [1.165, 1.54) is 0 Å². The SMILES string of the molecule is Cc1cc(NCCCCOC(C)C)ccc1C#N. The number of unbranched alkanes of at least 4 members (excludes halogenated alkanes) is 1. The van der Waals surface area contributed by atoms with Crippen LogP contribution in [0.25, 0.3) is 0 Å². The normalized spacial score (nSPS) is 10.4. The Labute approximate surface area is 110 Å². The summed E-state index contributed by atoms with van der Waals surface area (Å²) in [6, 6.07) is 8.00. The summed E-state index contributed by atoms with van der Waals surface area (Å²) < 4.78 is 5.48. The minimum Gasteiger partial charge on any atom is -0.385 e. The lowest BCUT2D eigenvalue weighted by Gasteiger charge is -2.09. The van der Waals surface area contributed by atoms with Crippen LogP contribution in [0.3, 0.4) is 0 Å². The van der Waals surface area contributed by atoms with Gasteiger partial charge in [-0.05, 0) is 57.4 Å². The highest BCUT2D eigenvalue weighted by molar-refractivity contribution is 5.51. The second kappa shape index (κ2) is 7.73. The summed E-state index contributed by atoms with van der Waals surface area (Å²) >= 11 is 0. The van der Waals surface area contributed by atoms with Gasteiger partial charge in [0.1, 0.15) is 0 Å². The fraction of sp³-hybridized carbons (Fsp3) is 0.533. The number of nitriles is 1. The topological polar surface area (TPSA) is 45.0 Å². The van der Waals surface area contributed by atoms with E-state index in [0.29, 0.717) is 6.10 Å². The van der Waals surface area contributed by atoms with Crippen LogP contribution in [0.1, 0.15) is 37.8 Å². The average molecular weight is 246 g/mol. The molecule has 0 aliphatic heterocycles. The number of anilines is 1. The van der Waals surface area contributed by atoms with Crippen LogP contribution >= 0.6 is 0 Å². The lowest BCUT2D eigenvalue weighted by molar-refractivity contribution is 0.0765. The predicted octanol–water partition coefficient (Wildman–Crippen LogP) is 3.48. The summed E-state index contributed by atoms with van der Waals surface area (Å²) in [5, 5.41) is 12.2. The van der Waals surface area contributed by atoms with Gasteiger partial charge in [-0.1, -0.05) is 0 Å². The van der Waals surface area contributed by atoms with Crippen LogP contribution < -0.4 is 5.32 Å². The molecular weight excluding hydrogens is 224 g/mol. The first-order chi connectivity index (χ1) is 8.63. The van der Waals surface area contributed by atoms with Crippen LogP contribution in [0.4, 0.5) is 5.69 Å². The molecule has 18 heavy (non-hydrogen) atoms. The molecule has 1 aromatic rings. The monoisotopic (exact) mass is 246 g/mol. The Hall–Kier alpha value is -1.53. The standard InChI is InChI=1S/C15H22N2O/c1-12(2)18-9-5-4-8-17-15-7-6-14(11-16)13(3)10-15/h6-7,10,12,17H,4-5,8-9H2,1-3H3. The molecule has 3 heteroatoms. The number of hydrogen-bond acceptors (Lipinski definition) is 3. The van der Waals surface area contributed by atoms with Crippen molar-refractivity contribution in [2.24, 2.45) is 0 Å². The summed E-state index contributed by atoms with van der Waals surface area (Å²) in [5.41, 5.74) is 2.84. The Balaban J connectivity index is 2.24. The molecule has 0 heterocycles. The van der Waals surface area contributed by atoms with Crippen molar-refractivity contribution in [3.63, 3.8) is 0 Å². The number of nitrogens with zero attached hydrogens (tertiary/aromatic N) is 1. The Morgan fingerprint density at radius 2 is 2.11 bits per heavy atom. The molecule has 1 N–H and O–H groups in total. The first-order valence-electron chi connectivity index (χ1n) is 6.49. The van der Waals surface area contributed by atoms with E-state index in [4.69, 9.17) is 10.00 Å². The lowest BCUT2D eigenvalue weighted by atomic mass is 10.1. The van der Waals surface area contributed by atoms with Crippen molar-refractivity contribution in [3.8, 4) is 6.07 Å². The molecule has 1 aromatic carbocycles. The molecule has 0 saturated carbocycles. The quantitative estimate of drug-likeness (QED) is 0.749. The van der Waals surface area contributed by atoms with Crippen LogP contribution in [0.5, 0.6) is 0 Å². The number of aryl methyl sites for hydroxylation is 1. The largest absolute Gasteiger partial charge is 0.385 e. The average Bonchev–Trinajstić information content (AvgIpc) is 2.33. The number of rotatable bonds is 7. The molecule has 0 amide bonds. The van der Waals surface area contributed by atoms with Crippen molar-refractivity contribution in [2.75, 3.05) is 18.5 Å². The third-order valence-electron chi connectivity index (χ3n) is 2.70. The van der Waals surface area contributed by atoms with Gasteiger partial charge in [-0.25, -0.2) is 0 Å². The second-order valence-corrected chi connectivity index (χ2v) is 4.69. The zero-order valence-corrected chi connectivity index (χ0v) is 11.5. The Bertz CT molecular complexity index is 407. The van der Waals surface area contributed by atoms with E-state index in [-0.39, 0.29) is 0 Å². The van der Waals surface area contributed by atoms with E-state index in [2.05, 4.69) is 25.2 Å². The van der Waals surface area contributed by atoms with Gasteiger partial charge in [0, 0.05) is 18.8 Å². The molecular formula is C15H22N2O. The zero-order valence-electron chi connectivity index (χ0n) is 11.5. The Kier molecular flexibility index (Phi) is 6.24. The molecule has 3 nitrogen and oxygen atoms in total. The smallest absolute Gasteiger partial charge is 0.0994 e. The highest BCUT2D eigenvalue weighted by atomic mass is 16.5. The van der Waals surface area contributed by atoms with Crippen LogP contribution in [0, 0.1) is 18.3 Å². The Morgan fingerprint density at radius 1 is 1.33 bits per heavy atom. The number of benzene rings is 1. The minimum absolute atomic E-state index is 0.319. The molecule has 0 bridgehead atoms. The maximum Gasteiger partial charge on any atom is 0.0994 e. The van der Waals surface area contributed by atoms with Crippen molar-refractivity contribution in [2.45, 2.75) is 39.7 Å².